The molecule has 0 atom stereocenters. The van der Waals surface area contributed by atoms with Crippen molar-refractivity contribution in [3.8, 4) is 0 Å². The summed E-state index contributed by atoms with van der Waals surface area (Å²) in [6.45, 7) is 0.723. The number of anilines is 3. The minimum atomic E-state index is -0.617. The quantitative estimate of drug-likeness (QED) is 0.200. The van der Waals surface area contributed by atoms with Crippen LogP contribution >= 0.6 is 23.2 Å². The van der Waals surface area contributed by atoms with Crippen LogP contribution in [0.4, 0.5) is 23.0 Å². The molecule has 0 saturated heterocycles. The average molecular weight is 537 g/mol. The number of hydrogen-bond donors (Lipinski definition) is 2. The number of hydrogen-bond acceptors (Lipinski definition) is 7. The number of rotatable bonds is 8. The lowest BCUT2D eigenvalue weighted by atomic mass is 10.1. The summed E-state index contributed by atoms with van der Waals surface area (Å²) in [5.41, 5.74) is 0.886. The number of benzene rings is 3. The maximum absolute atomic E-state index is 12.9. The fourth-order valence-corrected chi connectivity index (χ4v) is 4.48. The van der Waals surface area contributed by atoms with Gasteiger partial charge in [-0.3, -0.25) is 29.7 Å². The minimum absolute atomic E-state index is 0.0235. The number of nitro benzene ring substituents is 1. The lowest BCUT2D eigenvalue weighted by Gasteiger charge is -2.19. The van der Waals surface area contributed by atoms with E-state index in [4.69, 9.17) is 23.2 Å². The summed E-state index contributed by atoms with van der Waals surface area (Å²) in [4.78, 5) is 49.0. The van der Waals surface area contributed by atoms with Crippen LogP contribution in [-0.4, -0.2) is 34.4 Å². The number of nitro groups is 1. The molecule has 1 aromatic heterocycles. The summed E-state index contributed by atoms with van der Waals surface area (Å²) >= 11 is 12.0. The van der Waals surface area contributed by atoms with Gasteiger partial charge >= 0.3 is 0 Å². The zero-order valence-electron chi connectivity index (χ0n) is 19.1. The first-order valence-electron chi connectivity index (χ1n) is 11.1. The van der Waals surface area contributed by atoms with Crippen LogP contribution in [0.25, 0.3) is 16.5 Å². The van der Waals surface area contributed by atoms with Crippen molar-refractivity contribution >= 4 is 69.1 Å². The van der Waals surface area contributed by atoms with Gasteiger partial charge in [0.2, 0.25) is 12.4 Å². The van der Waals surface area contributed by atoms with Gasteiger partial charge in [-0.1, -0.05) is 41.4 Å². The van der Waals surface area contributed by atoms with Gasteiger partial charge in [-0.15, -0.1) is 0 Å². The molecule has 37 heavy (non-hydrogen) atoms. The summed E-state index contributed by atoms with van der Waals surface area (Å²) in [6, 6.07) is 14.9. The Hall–Kier alpha value is -4.28. The molecular weight excluding hydrogens is 519 g/mol. The topological polar surface area (TPSA) is 134 Å². The van der Waals surface area contributed by atoms with E-state index < -0.39 is 10.5 Å². The van der Waals surface area contributed by atoms with Crippen molar-refractivity contribution in [2.45, 2.75) is 6.42 Å². The van der Waals surface area contributed by atoms with Gasteiger partial charge in [-0.25, -0.2) is 4.98 Å². The Balaban J connectivity index is 1.56. The van der Waals surface area contributed by atoms with Crippen LogP contribution in [0.5, 0.6) is 0 Å². The molecule has 0 saturated carbocycles. The monoisotopic (exact) mass is 536 g/mol. The third kappa shape index (κ3) is 4.89. The van der Waals surface area contributed by atoms with Gasteiger partial charge in [0.1, 0.15) is 5.52 Å². The molecule has 3 aromatic carbocycles. The number of nitrogens with one attached hydrogen (secondary N) is 2. The van der Waals surface area contributed by atoms with Crippen molar-refractivity contribution < 1.29 is 9.72 Å². The van der Waals surface area contributed by atoms with Crippen molar-refractivity contribution in [3.05, 3.63) is 95.7 Å². The third-order valence-electron chi connectivity index (χ3n) is 5.98. The lowest BCUT2D eigenvalue weighted by Crippen LogP contribution is -2.27. The number of nitrogens with zero attached hydrogens (tertiary/aromatic N) is 4. The molecule has 0 bridgehead atoms. The number of aromatic nitrogens is 2. The molecule has 5 rings (SSSR count). The van der Waals surface area contributed by atoms with Gasteiger partial charge in [0.25, 0.3) is 11.2 Å². The molecule has 0 aliphatic carbocycles. The summed E-state index contributed by atoms with van der Waals surface area (Å²) < 4.78 is 0. The molecule has 10 nitrogen and oxygen atoms in total. The molecule has 12 heteroatoms. The number of H-pyrrole nitrogens is 1. The largest absolute Gasteiger partial charge is 0.326 e. The highest BCUT2D eigenvalue weighted by atomic mass is 35.5. The van der Waals surface area contributed by atoms with E-state index in [1.165, 1.54) is 11.0 Å². The van der Waals surface area contributed by atoms with E-state index in [9.17, 15) is 19.7 Å². The van der Waals surface area contributed by atoms with Gasteiger partial charge in [0, 0.05) is 29.6 Å². The second-order valence-corrected chi connectivity index (χ2v) is 9.09. The molecule has 2 heterocycles. The Labute approximate surface area is 219 Å². The molecule has 0 radical (unpaired) electrons. The van der Waals surface area contributed by atoms with Crippen molar-refractivity contribution in [1.82, 2.24) is 9.97 Å². The van der Waals surface area contributed by atoms with E-state index in [2.05, 4.69) is 20.3 Å². The molecular formula is C25H18Cl2N6O4. The Kier molecular flexibility index (Phi) is 6.60. The fourth-order valence-electron chi connectivity index (χ4n) is 4.18. The van der Waals surface area contributed by atoms with Crippen LogP contribution in [-0.2, 0) is 4.79 Å². The van der Waals surface area contributed by atoms with Crippen molar-refractivity contribution in [3.63, 3.8) is 0 Å². The van der Waals surface area contributed by atoms with Crippen molar-refractivity contribution in [2.24, 2.45) is 4.99 Å². The number of halogens is 2. The normalized spacial score (nSPS) is 12.2. The maximum atomic E-state index is 12.9. The summed E-state index contributed by atoms with van der Waals surface area (Å²) in [7, 11) is 0. The van der Waals surface area contributed by atoms with E-state index in [0.29, 0.717) is 35.1 Å². The lowest BCUT2D eigenvalue weighted by molar-refractivity contribution is -0.384. The van der Waals surface area contributed by atoms with Gasteiger partial charge in [0.05, 0.1) is 37.9 Å². The first kappa shape index (κ1) is 24.4. The average Bonchev–Trinajstić information content (AvgIpc) is 3.30. The Bertz CT molecular complexity index is 1750. The second-order valence-electron chi connectivity index (χ2n) is 8.27. The SMILES string of the molecule is O=CN(CCC1=c2ccccc2=NC1)c1cc([N+](=O)[O-])cc2c(=O)[nH]c(Nc3ccc(Cl)c(Cl)c3)nc12. The Morgan fingerprint density at radius 3 is 2.70 bits per heavy atom. The number of non-ortho nitro benzene ring substituents is 1. The molecule has 0 unspecified atom stereocenters. The van der Waals surface area contributed by atoms with Crippen molar-refractivity contribution in [2.75, 3.05) is 23.3 Å². The number of para-hydroxylation sites is 1. The fraction of sp³-hybridized carbons (Fsp3) is 0.120. The zero-order chi connectivity index (χ0) is 26.1. The van der Waals surface area contributed by atoms with Gasteiger partial charge in [0.15, 0.2) is 0 Å². The van der Waals surface area contributed by atoms with E-state index in [1.807, 2.05) is 24.3 Å². The molecule has 186 valence electrons. The maximum Gasteiger partial charge on any atom is 0.272 e. The van der Waals surface area contributed by atoms with Crippen LogP contribution in [0.3, 0.4) is 0 Å². The van der Waals surface area contributed by atoms with Crippen LogP contribution in [0, 0.1) is 10.1 Å². The molecule has 0 fully saturated rings. The second kappa shape index (κ2) is 10.00. The van der Waals surface area contributed by atoms with E-state index >= 15 is 0 Å². The number of amides is 1. The van der Waals surface area contributed by atoms with E-state index in [0.717, 1.165) is 22.2 Å². The highest BCUT2D eigenvalue weighted by molar-refractivity contribution is 6.42. The Morgan fingerprint density at radius 1 is 1.14 bits per heavy atom. The van der Waals surface area contributed by atoms with E-state index in [1.54, 1.807) is 18.2 Å². The first-order valence-corrected chi connectivity index (χ1v) is 11.9. The predicted molar refractivity (Wildman–Crippen MR) is 142 cm³/mol. The predicted octanol–water partition coefficient (Wildman–Crippen LogP) is 3.72. The number of carbonyl (C=O) groups excluding carboxylic acids is 1. The summed E-state index contributed by atoms with van der Waals surface area (Å²) in [5, 5.41) is 17.1. The summed E-state index contributed by atoms with van der Waals surface area (Å²) in [6.07, 6.45) is 1.06. The molecule has 1 aliphatic rings. The number of carbonyl (C=O) groups is 1. The Morgan fingerprint density at radius 2 is 1.95 bits per heavy atom. The molecule has 4 aromatic rings. The molecule has 1 amide bonds. The highest BCUT2D eigenvalue weighted by Crippen LogP contribution is 2.31. The van der Waals surface area contributed by atoms with Crippen LogP contribution in [0.15, 0.2) is 64.4 Å². The smallest absolute Gasteiger partial charge is 0.272 e. The summed E-state index contributed by atoms with van der Waals surface area (Å²) in [5.74, 6) is 0.0646. The van der Waals surface area contributed by atoms with Gasteiger partial charge < -0.3 is 10.2 Å². The molecule has 1 aliphatic heterocycles. The minimum Gasteiger partial charge on any atom is -0.326 e. The highest BCUT2D eigenvalue weighted by Gasteiger charge is 2.21. The number of aromatic amines is 1. The van der Waals surface area contributed by atoms with Gasteiger partial charge in [-0.2, -0.15) is 0 Å². The number of fused-ring (bicyclic) bond motifs is 2. The molecule has 2 N–H and O–H groups in total. The zero-order valence-corrected chi connectivity index (χ0v) is 20.6. The molecule has 0 spiro atoms. The van der Waals surface area contributed by atoms with Crippen LogP contribution in [0.2, 0.25) is 10.0 Å². The first-order chi connectivity index (χ1) is 17.8. The van der Waals surface area contributed by atoms with Crippen LogP contribution in [0.1, 0.15) is 6.42 Å². The van der Waals surface area contributed by atoms with Gasteiger partial charge in [-0.05, 0) is 36.3 Å². The van der Waals surface area contributed by atoms with Crippen molar-refractivity contribution in [1.29, 1.82) is 0 Å². The standard InChI is InChI=1S/C25H18Cl2N6O4/c26-19-6-5-15(9-20(19)27)29-25-30-23-18(24(35)31-25)10-16(33(36)37)11-22(23)32(13-34)8-7-14-12-28-21-4-2-1-3-17(14)21/h1-6,9-11,13H,7-8,12H2,(H2,29,30,31,35). The van der Waals surface area contributed by atoms with Crippen LogP contribution < -0.4 is 26.4 Å². The van der Waals surface area contributed by atoms with E-state index in [-0.39, 0.29) is 34.8 Å². The third-order valence-corrected chi connectivity index (χ3v) is 6.72.